The molecule has 0 amide bonds. The first-order valence-electron chi connectivity index (χ1n) is 8.45. The van der Waals surface area contributed by atoms with Crippen molar-refractivity contribution in [1.82, 2.24) is 10.3 Å². The number of para-hydroxylation sites is 1. The number of nitrogens with one attached hydrogen (secondary N) is 2. The lowest BCUT2D eigenvalue weighted by Gasteiger charge is -2.25. The molecule has 146 valence electrons. The lowest BCUT2D eigenvalue weighted by atomic mass is 10.0. The number of benzene rings is 1. The zero-order valence-electron chi connectivity index (χ0n) is 14.8. The Morgan fingerprint density at radius 1 is 1.18 bits per heavy atom. The molecular weight excluding hydrogens is 387 g/mol. The number of hydrogen-bond donors (Lipinski definition) is 2. The summed E-state index contributed by atoms with van der Waals surface area (Å²) in [4.78, 5) is 4.02. The Hall–Kier alpha value is -2.71. The number of nitrogens with zero attached hydrogens (tertiary/aromatic N) is 1. The molecule has 2 heterocycles. The number of thiocarbonyl (C=S) groups is 1. The van der Waals surface area contributed by atoms with Crippen LogP contribution in [0.5, 0.6) is 0 Å². The summed E-state index contributed by atoms with van der Waals surface area (Å²) < 4.78 is 45.0. The van der Waals surface area contributed by atoms with Gasteiger partial charge in [-0.2, -0.15) is 13.2 Å². The molecule has 0 saturated heterocycles. The van der Waals surface area contributed by atoms with Crippen molar-refractivity contribution in [1.29, 1.82) is 0 Å². The lowest BCUT2D eigenvalue weighted by Crippen LogP contribution is -2.30. The van der Waals surface area contributed by atoms with Crippen molar-refractivity contribution in [3.8, 4) is 0 Å². The fraction of sp³-hybridized carbons (Fsp3) is 0.200. The molecule has 28 heavy (non-hydrogen) atoms. The molecule has 1 aromatic carbocycles. The van der Waals surface area contributed by atoms with Gasteiger partial charge >= 0.3 is 6.18 Å². The fourth-order valence-electron chi connectivity index (χ4n) is 2.82. The Bertz CT molecular complexity index is 910. The van der Waals surface area contributed by atoms with Crippen molar-refractivity contribution in [2.75, 3.05) is 18.5 Å². The molecular formula is C20H18F3N3OS. The maximum atomic E-state index is 13.2. The molecule has 1 aliphatic heterocycles. The number of halogens is 3. The van der Waals surface area contributed by atoms with E-state index in [4.69, 9.17) is 17.0 Å². The standard InChI is InChI=1S/C20H18F3N3OS/c1-13-11-27-12-17(18(13)19(28)26-15-5-3-2-4-6-15)25-9-14-7-8-24-10-16(14)20(21,22)23/h2-8,10,25H,1,9,11-12H2,(H,26,28). The van der Waals surface area contributed by atoms with E-state index in [9.17, 15) is 13.2 Å². The molecule has 0 aliphatic carbocycles. The first-order chi connectivity index (χ1) is 13.4. The molecule has 0 spiro atoms. The van der Waals surface area contributed by atoms with Crippen molar-refractivity contribution in [2.45, 2.75) is 12.7 Å². The monoisotopic (exact) mass is 405 g/mol. The average molecular weight is 405 g/mol. The van der Waals surface area contributed by atoms with Crippen LogP contribution in [-0.2, 0) is 17.5 Å². The molecule has 2 aromatic rings. The highest BCUT2D eigenvalue weighted by atomic mass is 32.1. The van der Waals surface area contributed by atoms with E-state index >= 15 is 0 Å². The van der Waals surface area contributed by atoms with Gasteiger partial charge in [-0.1, -0.05) is 37.0 Å². The zero-order chi connectivity index (χ0) is 20.1. The molecule has 0 radical (unpaired) electrons. The van der Waals surface area contributed by atoms with Crippen LogP contribution in [0.25, 0.3) is 0 Å². The van der Waals surface area contributed by atoms with E-state index in [1.165, 1.54) is 12.3 Å². The van der Waals surface area contributed by atoms with E-state index in [0.717, 1.165) is 11.9 Å². The third-order valence-electron chi connectivity index (χ3n) is 4.15. The molecule has 3 rings (SSSR count). The van der Waals surface area contributed by atoms with Gasteiger partial charge in [0.2, 0.25) is 0 Å². The van der Waals surface area contributed by atoms with Gasteiger partial charge in [0.1, 0.15) is 4.99 Å². The van der Waals surface area contributed by atoms with Gasteiger partial charge in [0, 0.05) is 35.9 Å². The summed E-state index contributed by atoms with van der Waals surface area (Å²) in [5, 5.41) is 6.17. The Kier molecular flexibility index (Phi) is 6.11. The van der Waals surface area contributed by atoms with Crippen LogP contribution in [0, 0.1) is 0 Å². The Morgan fingerprint density at radius 3 is 2.64 bits per heavy atom. The van der Waals surface area contributed by atoms with Gasteiger partial charge in [0.25, 0.3) is 0 Å². The van der Waals surface area contributed by atoms with Crippen LogP contribution in [0.4, 0.5) is 18.9 Å². The van der Waals surface area contributed by atoms with Crippen LogP contribution in [-0.4, -0.2) is 23.2 Å². The van der Waals surface area contributed by atoms with Crippen LogP contribution in [0.1, 0.15) is 11.1 Å². The van der Waals surface area contributed by atoms with Crippen LogP contribution < -0.4 is 10.6 Å². The number of anilines is 1. The summed E-state index contributed by atoms with van der Waals surface area (Å²) in [5.41, 5.74) is 2.04. The first kappa shape index (κ1) is 20.0. The summed E-state index contributed by atoms with van der Waals surface area (Å²) >= 11 is 5.51. The average Bonchev–Trinajstić information content (AvgIpc) is 2.66. The third kappa shape index (κ3) is 4.76. The van der Waals surface area contributed by atoms with Crippen molar-refractivity contribution in [3.05, 3.63) is 83.3 Å². The number of hydrogen-bond acceptors (Lipinski definition) is 4. The number of aromatic nitrogens is 1. The van der Waals surface area contributed by atoms with E-state index in [0.29, 0.717) is 28.4 Å². The second kappa shape index (κ2) is 8.53. The summed E-state index contributed by atoms with van der Waals surface area (Å²) in [5.74, 6) is 0. The highest BCUT2D eigenvalue weighted by Gasteiger charge is 2.33. The minimum atomic E-state index is -4.47. The van der Waals surface area contributed by atoms with Gasteiger partial charge < -0.3 is 15.4 Å². The fourth-order valence-corrected chi connectivity index (χ4v) is 3.21. The van der Waals surface area contributed by atoms with Gasteiger partial charge in [-0.05, 0) is 29.3 Å². The van der Waals surface area contributed by atoms with Crippen molar-refractivity contribution >= 4 is 22.9 Å². The zero-order valence-corrected chi connectivity index (χ0v) is 15.7. The Labute approximate surface area is 166 Å². The molecule has 0 bridgehead atoms. The van der Waals surface area contributed by atoms with E-state index < -0.39 is 11.7 Å². The van der Waals surface area contributed by atoms with Crippen molar-refractivity contribution in [3.63, 3.8) is 0 Å². The maximum Gasteiger partial charge on any atom is 0.418 e. The molecule has 1 aromatic heterocycles. The predicted molar refractivity (Wildman–Crippen MR) is 106 cm³/mol. The summed E-state index contributed by atoms with van der Waals surface area (Å²) in [7, 11) is 0. The van der Waals surface area contributed by atoms with Gasteiger partial charge in [-0.15, -0.1) is 0 Å². The number of pyridine rings is 1. The quantitative estimate of drug-likeness (QED) is 0.719. The van der Waals surface area contributed by atoms with Gasteiger partial charge in [-0.25, -0.2) is 0 Å². The minimum Gasteiger partial charge on any atom is -0.382 e. The maximum absolute atomic E-state index is 13.2. The number of ether oxygens (including phenoxy) is 1. The SMILES string of the molecule is C=C1COCC(NCc2ccncc2C(F)(F)F)=C1C(=S)Nc1ccccc1. The van der Waals surface area contributed by atoms with Gasteiger partial charge in [0.15, 0.2) is 0 Å². The molecule has 4 nitrogen and oxygen atoms in total. The molecule has 0 saturated carbocycles. The third-order valence-corrected chi connectivity index (χ3v) is 4.45. The first-order valence-corrected chi connectivity index (χ1v) is 8.86. The second-order valence-corrected chi connectivity index (χ2v) is 6.56. The Morgan fingerprint density at radius 2 is 1.93 bits per heavy atom. The van der Waals surface area contributed by atoms with E-state index in [1.807, 2.05) is 30.3 Å². The number of alkyl halides is 3. The summed E-state index contributed by atoms with van der Waals surface area (Å²) in [6.45, 7) is 4.45. The van der Waals surface area contributed by atoms with E-state index in [2.05, 4.69) is 22.2 Å². The minimum absolute atomic E-state index is 0.0409. The molecule has 1 aliphatic rings. The molecule has 0 unspecified atom stereocenters. The largest absolute Gasteiger partial charge is 0.418 e. The highest BCUT2D eigenvalue weighted by molar-refractivity contribution is 7.81. The van der Waals surface area contributed by atoms with Crippen molar-refractivity contribution < 1.29 is 17.9 Å². The smallest absolute Gasteiger partial charge is 0.382 e. The van der Waals surface area contributed by atoms with Crippen LogP contribution >= 0.6 is 12.2 Å². The molecule has 0 fully saturated rings. The van der Waals surface area contributed by atoms with E-state index in [1.54, 1.807) is 0 Å². The van der Waals surface area contributed by atoms with E-state index in [-0.39, 0.29) is 18.7 Å². The van der Waals surface area contributed by atoms with Crippen LogP contribution in [0.3, 0.4) is 0 Å². The lowest BCUT2D eigenvalue weighted by molar-refractivity contribution is -0.138. The van der Waals surface area contributed by atoms with Gasteiger partial charge in [0.05, 0.1) is 18.8 Å². The molecule has 8 heteroatoms. The van der Waals surface area contributed by atoms with Crippen molar-refractivity contribution in [2.24, 2.45) is 0 Å². The Balaban J connectivity index is 1.83. The number of rotatable bonds is 5. The molecule has 0 atom stereocenters. The van der Waals surface area contributed by atoms with Gasteiger partial charge in [-0.3, -0.25) is 4.98 Å². The molecule has 2 N–H and O–H groups in total. The second-order valence-electron chi connectivity index (χ2n) is 6.15. The normalized spacial score (nSPS) is 14.8. The summed E-state index contributed by atoms with van der Waals surface area (Å²) in [6.07, 6.45) is -2.32. The topological polar surface area (TPSA) is 46.2 Å². The highest BCUT2D eigenvalue weighted by Crippen LogP contribution is 2.31. The van der Waals surface area contributed by atoms with Crippen LogP contribution in [0.2, 0.25) is 0 Å². The van der Waals surface area contributed by atoms with Crippen LogP contribution in [0.15, 0.2) is 72.2 Å². The summed E-state index contributed by atoms with van der Waals surface area (Å²) in [6, 6.07) is 10.7. The predicted octanol–water partition coefficient (Wildman–Crippen LogP) is 4.47.